The Bertz CT molecular complexity index is 1190. The highest BCUT2D eigenvalue weighted by atomic mass is 32.2. The van der Waals surface area contributed by atoms with Gasteiger partial charge < -0.3 is 10.6 Å². The van der Waals surface area contributed by atoms with Crippen molar-refractivity contribution in [1.29, 1.82) is 0 Å². The molecule has 0 bridgehead atoms. The largest absolute Gasteiger partial charge is 0.416 e. The van der Waals surface area contributed by atoms with Gasteiger partial charge in [-0.05, 0) is 62.1 Å². The summed E-state index contributed by atoms with van der Waals surface area (Å²) < 4.78 is 65.7. The summed E-state index contributed by atoms with van der Waals surface area (Å²) in [5.41, 5.74) is 0.0627. The van der Waals surface area contributed by atoms with E-state index in [1.54, 1.807) is 24.3 Å². The maximum atomic E-state index is 13.0. The summed E-state index contributed by atoms with van der Waals surface area (Å²) in [6.45, 7) is 0.0440. The van der Waals surface area contributed by atoms with E-state index >= 15 is 0 Å². The molecule has 2 aliphatic rings. The summed E-state index contributed by atoms with van der Waals surface area (Å²) in [7, 11) is -4.11. The fraction of sp³-hybridized carbons (Fsp3) is 0.391. The van der Waals surface area contributed by atoms with E-state index in [2.05, 4.69) is 10.6 Å². The highest BCUT2D eigenvalue weighted by Crippen LogP contribution is 2.33. The summed E-state index contributed by atoms with van der Waals surface area (Å²) >= 11 is 0. The van der Waals surface area contributed by atoms with Crippen LogP contribution in [0, 0.1) is 11.8 Å². The lowest BCUT2D eigenvalue weighted by Gasteiger charge is -2.30. The Hall–Kier alpha value is -2.92. The van der Waals surface area contributed by atoms with Crippen molar-refractivity contribution in [3.8, 4) is 0 Å². The second-order valence-electron chi connectivity index (χ2n) is 8.54. The molecule has 2 aromatic carbocycles. The van der Waals surface area contributed by atoms with Crippen molar-refractivity contribution in [2.24, 2.45) is 11.8 Å². The van der Waals surface area contributed by atoms with E-state index in [1.807, 2.05) is 0 Å². The lowest BCUT2D eigenvalue weighted by molar-refractivity contribution is -0.137. The molecule has 1 aliphatic heterocycles. The van der Waals surface area contributed by atoms with Gasteiger partial charge in [-0.15, -0.1) is 0 Å². The molecule has 2 fully saturated rings. The van der Waals surface area contributed by atoms with Gasteiger partial charge in [0.15, 0.2) is 0 Å². The van der Waals surface area contributed by atoms with Gasteiger partial charge in [0.05, 0.1) is 10.5 Å². The number of alkyl halides is 3. The van der Waals surface area contributed by atoms with Gasteiger partial charge in [-0.3, -0.25) is 9.59 Å². The molecule has 0 unspecified atom stereocenters. The minimum Gasteiger partial charge on any atom is -0.326 e. The summed E-state index contributed by atoms with van der Waals surface area (Å²) in [6.07, 6.45) is -2.41. The molecule has 1 heterocycles. The van der Waals surface area contributed by atoms with E-state index < -0.39 is 32.6 Å². The molecule has 0 radical (unpaired) electrons. The zero-order valence-corrected chi connectivity index (χ0v) is 19.0. The van der Waals surface area contributed by atoms with Crippen LogP contribution in [-0.2, 0) is 25.8 Å². The van der Waals surface area contributed by atoms with Gasteiger partial charge >= 0.3 is 6.18 Å². The fourth-order valence-corrected chi connectivity index (χ4v) is 5.37. The van der Waals surface area contributed by atoms with Crippen molar-refractivity contribution in [3.05, 3.63) is 54.1 Å². The molecule has 11 heteroatoms. The summed E-state index contributed by atoms with van der Waals surface area (Å²) in [5, 5.41) is 5.61. The summed E-state index contributed by atoms with van der Waals surface area (Å²) in [6, 6.07) is 10.4. The quantitative estimate of drug-likeness (QED) is 0.631. The number of anilines is 2. The van der Waals surface area contributed by atoms with E-state index in [1.165, 1.54) is 0 Å². The van der Waals surface area contributed by atoms with E-state index in [4.69, 9.17) is 0 Å². The number of hydrogen-bond donors (Lipinski definition) is 2. The summed E-state index contributed by atoms with van der Waals surface area (Å²) in [5.74, 6) is -0.715. The van der Waals surface area contributed by atoms with E-state index in [0.717, 1.165) is 35.3 Å². The van der Waals surface area contributed by atoms with Crippen LogP contribution in [0.2, 0.25) is 0 Å². The number of piperidine rings is 1. The average molecular weight is 496 g/mol. The standard InChI is InChI=1S/C23H24F3N3O4S/c24-23(25,26)17-3-1-6-20(13-17)34(32,33)29-11-9-16(10-12-29)22(31)28-19-5-2-4-18(14-19)27-21(30)15-7-8-15/h1-6,13-16H,7-12H2,(H,27,30)(H,28,31). The van der Waals surface area contributed by atoms with Crippen LogP contribution in [0.25, 0.3) is 0 Å². The zero-order valence-electron chi connectivity index (χ0n) is 18.1. The molecule has 0 aromatic heterocycles. The Morgan fingerprint density at radius 3 is 1.88 bits per heavy atom. The van der Waals surface area contributed by atoms with Crippen molar-refractivity contribution in [2.75, 3.05) is 23.7 Å². The Labute approximate surface area is 195 Å². The lowest BCUT2D eigenvalue weighted by atomic mass is 9.97. The van der Waals surface area contributed by atoms with Gasteiger partial charge in [0.25, 0.3) is 0 Å². The van der Waals surface area contributed by atoms with Crippen LogP contribution in [-0.4, -0.2) is 37.6 Å². The lowest BCUT2D eigenvalue weighted by Crippen LogP contribution is -2.41. The molecule has 7 nitrogen and oxygen atoms in total. The Kier molecular flexibility index (Phi) is 6.68. The molecule has 1 aliphatic carbocycles. The van der Waals surface area contributed by atoms with Crippen LogP contribution in [0.5, 0.6) is 0 Å². The predicted octanol–water partition coefficient (Wildman–Crippen LogP) is 4.09. The van der Waals surface area contributed by atoms with Crippen molar-refractivity contribution >= 4 is 33.2 Å². The molecule has 2 amide bonds. The van der Waals surface area contributed by atoms with Gasteiger partial charge in [0.2, 0.25) is 21.8 Å². The molecule has 0 atom stereocenters. The van der Waals surface area contributed by atoms with Crippen molar-refractivity contribution in [1.82, 2.24) is 4.31 Å². The molecule has 1 saturated heterocycles. The van der Waals surface area contributed by atoms with Gasteiger partial charge in [0.1, 0.15) is 0 Å². The Morgan fingerprint density at radius 1 is 0.824 bits per heavy atom. The number of nitrogens with one attached hydrogen (secondary N) is 2. The zero-order chi connectivity index (χ0) is 24.5. The van der Waals surface area contributed by atoms with E-state index in [0.29, 0.717) is 17.4 Å². The van der Waals surface area contributed by atoms with E-state index in [-0.39, 0.29) is 43.7 Å². The van der Waals surface area contributed by atoms with Crippen molar-refractivity contribution in [3.63, 3.8) is 0 Å². The number of carbonyl (C=O) groups excluding carboxylic acids is 2. The highest BCUT2D eigenvalue weighted by molar-refractivity contribution is 7.89. The van der Waals surface area contributed by atoms with Crippen LogP contribution in [0.4, 0.5) is 24.5 Å². The monoisotopic (exact) mass is 495 g/mol. The third-order valence-electron chi connectivity index (χ3n) is 5.97. The second-order valence-corrected chi connectivity index (χ2v) is 10.5. The summed E-state index contributed by atoms with van der Waals surface area (Å²) in [4.78, 5) is 24.2. The van der Waals surface area contributed by atoms with Crippen LogP contribution in [0.3, 0.4) is 0 Å². The maximum Gasteiger partial charge on any atom is 0.416 e. The van der Waals surface area contributed by atoms with Gasteiger partial charge in [-0.1, -0.05) is 12.1 Å². The average Bonchev–Trinajstić information content (AvgIpc) is 3.65. The van der Waals surface area contributed by atoms with Gasteiger partial charge in [-0.25, -0.2) is 8.42 Å². The molecule has 4 rings (SSSR count). The smallest absolute Gasteiger partial charge is 0.326 e. The predicted molar refractivity (Wildman–Crippen MR) is 119 cm³/mol. The van der Waals surface area contributed by atoms with Gasteiger partial charge in [-0.2, -0.15) is 17.5 Å². The number of hydrogen-bond acceptors (Lipinski definition) is 4. The molecule has 1 saturated carbocycles. The van der Waals surface area contributed by atoms with Crippen LogP contribution in [0.1, 0.15) is 31.2 Å². The topological polar surface area (TPSA) is 95.6 Å². The third kappa shape index (κ3) is 5.58. The van der Waals surface area contributed by atoms with Crippen LogP contribution < -0.4 is 10.6 Å². The van der Waals surface area contributed by atoms with Crippen LogP contribution in [0.15, 0.2) is 53.4 Å². The molecule has 34 heavy (non-hydrogen) atoms. The van der Waals surface area contributed by atoms with Gasteiger partial charge in [0, 0.05) is 36.3 Å². The minimum absolute atomic E-state index is 0.0220. The van der Waals surface area contributed by atoms with Crippen LogP contribution >= 0.6 is 0 Å². The number of sulfonamides is 1. The first-order valence-electron chi connectivity index (χ1n) is 10.9. The molecule has 0 spiro atoms. The number of rotatable bonds is 6. The minimum atomic E-state index is -4.64. The molecule has 182 valence electrons. The number of halogens is 3. The number of benzene rings is 2. The molecule has 2 N–H and O–H groups in total. The molecular formula is C23H24F3N3O4S. The second kappa shape index (κ2) is 9.38. The number of carbonyl (C=O) groups is 2. The van der Waals surface area contributed by atoms with Crippen molar-refractivity contribution < 1.29 is 31.2 Å². The number of nitrogens with zero attached hydrogens (tertiary/aromatic N) is 1. The third-order valence-corrected chi connectivity index (χ3v) is 7.86. The first-order valence-corrected chi connectivity index (χ1v) is 12.4. The first-order chi connectivity index (χ1) is 16.0. The fourth-order valence-electron chi connectivity index (χ4n) is 3.85. The SMILES string of the molecule is O=C(Nc1cccc(NC(=O)C2CCN(S(=O)(=O)c3cccc(C(F)(F)F)c3)CC2)c1)C1CC1. The molecule has 2 aromatic rings. The van der Waals surface area contributed by atoms with E-state index in [9.17, 15) is 31.2 Å². The Balaban J connectivity index is 1.35. The Morgan fingerprint density at radius 2 is 1.35 bits per heavy atom. The normalized spacial score (nSPS) is 17.9. The molecular weight excluding hydrogens is 471 g/mol. The maximum absolute atomic E-state index is 13.0. The first kappa shape index (κ1) is 24.2. The van der Waals surface area contributed by atoms with Crippen molar-refractivity contribution in [2.45, 2.75) is 36.8 Å². The highest BCUT2D eigenvalue weighted by Gasteiger charge is 2.35. The number of amides is 2.